The number of hydrogen-bond donors (Lipinski definition) is 1. The summed E-state index contributed by atoms with van der Waals surface area (Å²) >= 11 is 0. The molecule has 2 heterocycles. The third-order valence-corrected chi connectivity index (χ3v) is 5.88. The number of nitrogens with zero attached hydrogens (tertiary/aromatic N) is 2. The van der Waals surface area contributed by atoms with Gasteiger partial charge in [-0.05, 0) is 43.4 Å². The highest BCUT2D eigenvalue weighted by molar-refractivity contribution is 6.01. The van der Waals surface area contributed by atoms with Gasteiger partial charge in [0.05, 0.1) is 11.3 Å². The van der Waals surface area contributed by atoms with Crippen molar-refractivity contribution in [3.8, 4) is 0 Å². The summed E-state index contributed by atoms with van der Waals surface area (Å²) in [5, 5.41) is 3.36. The van der Waals surface area contributed by atoms with Crippen LogP contribution in [-0.2, 0) is 11.2 Å². The van der Waals surface area contributed by atoms with Gasteiger partial charge >= 0.3 is 0 Å². The number of hydrogen-bond acceptors (Lipinski definition) is 3. The van der Waals surface area contributed by atoms with Crippen LogP contribution >= 0.6 is 0 Å². The lowest BCUT2D eigenvalue weighted by atomic mass is 9.94. The van der Waals surface area contributed by atoms with E-state index in [1.165, 1.54) is 16.0 Å². The van der Waals surface area contributed by atoms with Crippen molar-refractivity contribution in [2.24, 2.45) is 5.92 Å². The lowest BCUT2D eigenvalue weighted by Gasteiger charge is -2.37. The summed E-state index contributed by atoms with van der Waals surface area (Å²) in [6.07, 6.45) is 2.11. The molecule has 0 aromatic heterocycles. The van der Waals surface area contributed by atoms with Crippen LogP contribution in [0, 0.1) is 12.8 Å². The quantitative estimate of drug-likeness (QED) is 0.854. The lowest BCUT2D eigenvalue weighted by Crippen LogP contribution is -2.53. The van der Waals surface area contributed by atoms with Crippen molar-refractivity contribution < 1.29 is 18.4 Å². The number of rotatable bonds is 4. The van der Waals surface area contributed by atoms with Gasteiger partial charge in [0.1, 0.15) is 5.92 Å². The first kappa shape index (κ1) is 20.6. The first-order valence-electron chi connectivity index (χ1n) is 10.1. The maximum atomic E-state index is 13.7. The zero-order valence-corrected chi connectivity index (χ0v) is 16.9. The van der Waals surface area contributed by atoms with Crippen LogP contribution in [0.3, 0.4) is 0 Å². The Labute approximate surface area is 165 Å². The van der Waals surface area contributed by atoms with Gasteiger partial charge in [0.15, 0.2) is 0 Å². The maximum Gasteiger partial charge on any atom is 0.256 e. The minimum absolute atomic E-state index is 0.0642. The number of anilines is 1. The zero-order chi connectivity index (χ0) is 20.5. The van der Waals surface area contributed by atoms with Crippen LogP contribution in [0.4, 0.5) is 14.5 Å². The zero-order valence-electron chi connectivity index (χ0n) is 16.9. The first-order valence-corrected chi connectivity index (χ1v) is 10.1. The smallest absolute Gasteiger partial charge is 0.256 e. The fourth-order valence-electron chi connectivity index (χ4n) is 4.20. The van der Waals surface area contributed by atoms with Crippen molar-refractivity contribution in [2.45, 2.75) is 46.0 Å². The molecule has 1 aromatic carbocycles. The number of alkyl halides is 2. The number of amides is 2. The monoisotopic (exact) mass is 393 g/mol. The van der Waals surface area contributed by atoms with Gasteiger partial charge in [-0.15, -0.1) is 0 Å². The first-order chi connectivity index (χ1) is 13.2. The van der Waals surface area contributed by atoms with E-state index in [0.29, 0.717) is 31.7 Å². The maximum absolute atomic E-state index is 13.7. The van der Waals surface area contributed by atoms with E-state index >= 15 is 0 Å². The summed E-state index contributed by atoms with van der Waals surface area (Å²) in [5.41, 5.74) is 3.96. The van der Waals surface area contributed by atoms with Crippen molar-refractivity contribution in [1.29, 1.82) is 0 Å². The van der Waals surface area contributed by atoms with E-state index < -0.39 is 17.7 Å². The van der Waals surface area contributed by atoms with Crippen LogP contribution in [0.5, 0.6) is 0 Å². The third-order valence-electron chi connectivity index (χ3n) is 5.88. The Morgan fingerprint density at radius 2 is 1.82 bits per heavy atom. The molecule has 3 rings (SSSR count). The summed E-state index contributed by atoms with van der Waals surface area (Å²) in [7, 11) is 0. The molecule has 7 heteroatoms. The van der Waals surface area contributed by atoms with Gasteiger partial charge in [-0.1, -0.05) is 13.0 Å². The molecule has 2 aliphatic rings. The SMILES string of the molecule is CCC(C(=O)N1CCN(C(=O)c2ccc(C)c3c2NCCC3)CC1)C(C)(F)F. The van der Waals surface area contributed by atoms with Gasteiger partial charge in [-0.2, -0.15) is 0 Å². The van der Waals surface area contributed by atoms with Crippen molar-refractivity contribution in [3.05, 3.63) is 28.8 Å². The number of nitrogens with one attached hydrogen (secondary N) is 1. The van der Waals surface area contributed by atoms with Crippen LogP contribution in [0.1, 0.15) is 48.2 Å². The van der Waals surface area contributed by atoms with E-state index in [0.717, 1.165) is 32.0 Å². The second kappa shape index (κ2) is 8.05. The predicted octanol–water partition coefficient (Wildman–Crippen LogP) is 3.32. The summed E-state index contributed by atoms with van der Waals surface area (Å²) in [6.45, 7) is 6.61. The van der Waals surface area contributed by atoms with Crippen LogP contribution in [-0.4, -0.2) is 60.3 Å². The summed E-state index contributed by atoms with van der Waals surface area (Å²) in [4.78, 5) is 28.7. The highest BCUT2D eigenvalue weighted by Gasteiger charge is 2.41. The Balaban J connectivity index is 1.69. The number of halogens is 2. The van der Waals surface area contributed by atoms with Crippen LogP contribution < -0.4 is 5.32 Å². The standard InChI is InChI=1S/C21H29F2N3O2/c1-4-17(21(3,22)23)20(28)26-12-10-25(11-13-26)19(27)16-8-7-14(2)15-6-5-9-24-18(15)16/h7-8,17,24H,4-6,9-13H2,1-3H3. The van der Waals surface area contributed by atoms with Crippen molar-refractivity contribution in [1.82, 2.24) is 9.80 Å². The van der Waals surface area contributed by atoms with Gasteiger partial charge in [-0.3, -0.25) is 9.59 Å². The summed E-state index contributed by atoms with van der Waals surface area (Å²) < 4.78 is 27.4. The van der Waals surface area contributed by atoms with E-state index in [4.69, 9.17) is 0 Å². The molecule has 0 radical (unpaired) electrons. The molecule has 5 nitrogen and oxygen atoms in total. The topological polar surface area (TPSA) is 52.7 Å². The number of piperazine rings is 1. The molecule has 154 valence electrons. The molecule has 1 aromatic rings. The highest BCUT2D eigenvalue weighted by Crippen LogP contribution is 2.31. The van der Waals surface area contributed by atoms with Crippen molar-refractivity contribution in [3.63, 3.8) is 0 Å². The Morgan fingerprint density at radius 3 is 2.43 bits per heavy atom. The Bertz CT molecular complexity index is 753. The molecule has 1 N–H and O–H groups in total. The van der Waals surface area contributed by atoms with Crippen molar-refractivity contribution >= 4 is 17.5 Å². The Hall–Kier alpha value is -2.18. The van der Waals surface area contributed by atoms with Crippen LogP contribution in [0.2, 0.25) is 0 Å². The van der Waals surface area contributed by atoms with Gasteiger partial charge < -0.3 is 15.1 Å². The average molecular weight is 393 g/mol. The van der Waals surface area contributed by atoms with Crippen LogP contribution in [0.25, 0.3) is 0 Å². The number of aryl methyl sites for hydroxylation is 1. The molecule has 1 atom stereocenters. The van der Waals surface area contributed by atoms with Gasteiger partial charge in [-0.25, -0.2) is 8.78 Å². The van der Waals surface area contributed by atoms with Gasteiger partial charge in [0.2, 0.25) is 5.91 Å². The molecule has 1 unspecified atom stereocenters. The number of carbonyl (C=O) groups is 2. The largest absolute Gasteiger partial charge is 0.384 e. The second-order valence-corrected chi connectivity index (χ2v) is 7.85. The van der Waals surface area contributed by atoms with E-state index in [2.05, 4.69) is 12.2 Å². The van der Waals surface area contributed by atoms with Gasteiger partial charge in [0, 0.05) is 39.6 Å². The predicted molar refractivity (Wildman–Crippen MR) is 105 cm³/mol. The molecular weight excluding hydrogens is 364 g/mol. The highest BCUT2D eigenvalue weighted by atomic mass is 19.3. The van der Waals surface area contributed by atoms with E-state index in [1.54, 1.807) is 11.8 Å². The Morgan fingerprint density at radius 1 is 1.18 bits per heavy atom. The molecule has 0 spiro atoms. The third kappa shape index (κ3) is 3.98. The fraction of sp³-hybridized carbons (Fsp3) is 0.619. The number of fused-ring (bicyclic) bond motifs is 1. The van der Waals surface area contributed by atoms with E-state index in [1.807, 2.05) is 12.1 Å². The molecule has 0 bridgehead atoms. The molecule has 2 amide bonds. The Kier molecular flexibility index (Phi) is 5.91. The fourth-order valence-corrected chi connectivity index (χ4v) is 4.20. The molecule has 2 aliphatic heterocycles. The average Bonchev–Trinajstić information content (AvgIpc) is 2.67. The summed E-state index contributed by atoms with van der Waals surface area (Å²) in [6, 6.07) is 3.84. The molecule has 0 saturated carbocycles. The van der Waals surface area contributed by atoms with E-state index in [9.17, 15) is 18.4 Å². The minimum Gasteiger partial charge on any atom is -0.384 e. The van der Waals surface area contributed by atoms with Crippen LogP contribution in [0.15, 0.2) is 12.1 Å². The molecule has 0 aliphatic carbocycles. The second-order valence-electron chi connectivity index (χ2n) is 7.85. The molecule has 1 saturated heterocycles. The number of carbonyl (C=O) groups excluding carboxylic acids is 2. The normalized spacial score (nSPS) is 18.3. The van der Waals surface area contributed by atoms with Crippen molar-refractivity contribution in [2.75, 3.05) is 38.0 Å². The van der Waals surface area contributed by atoms with E-state index in [-0.39, 0.29) is 12.3 Å². The molecule has 28 heavy (non-hydrogen) atoms. The number of benzene rings is 1. The minimum atomic E-state index is -3.04. The molecular formula is C21H29F2N3O2. The molecule has 1 fully saturated rings. The van der Waals surface area contributed by atoms with Gasteiger partial charge in [0.25, 0.3) is 11.8 Å². The lowest BCUT2D eigenvalue weighted by molar-refractivity contribution is -0.150. The summed E-state index contributed by atoms with van der Waals surface area (Å²) in [5.74, 6) is -4.92.